The first-order valence-electron chi connectivity index (χ1n) is 15.3. The van der Waals surface area contributed by atoms with Gasteiger partial charge in [0.15, 0.2) is 0 Å². The summed E-state index contributed by atoms with van der Waals surface area (Å²) in [6.07, 6.45) is 0. The van der Waals surface area contributed by atoms with Crippen molar-refractivity contribution in [1.29, 1.82) is 0 Å². The summed E-state index contributed by atoms with van der Waals surface area (Å²) in [4.78, 5) is 0. The lowest BCUT2D eigenvalue weighted by Gasteiger charge is -2.14. The highest BCUT2D eigenvalue weighted by molar-refractivity contribution is 6.25. The number of rotatable bonds is 4. The van der Waals surface area contributed by atoms with Gasteiger partial charge in [0, 0.05) is 0 Å². The van der Waals surface area contributed by atoms with E-state index in [0.717, 1.165) is 0 Å². The summed E-state index contributed by atoms with van der Waals surface area (Å²) < 4.78 is 0. The van der Waals surface area contributed by atoms with Crippen molar-refractivity contribution in [2.24, 2.45) is 0 Å². The first-order valence-corrected chi connectivity index (χ1v) is 15.3. The summed E-state index contributed by atoms with van der Waals surface area (Å²) >= 11 is 0. The quantitative estimate of drug-likeness (QED) is 0.189. The molecule has 0 saturated heterocycles. The fourth-order valence-corrected chi connectivity index (χ4v) is 7.00. The fraction of sp³-hybridized carbons (Fsp3) is 0. The second-order valence-electron chi connectivity index (χ2n) is 11.7. The molecule has 0 aliphatic carbocycles. The molecule has 9 rings (SSSR count). The first kappa shape index (κ1) is 24.8. The molecule has 0 heterocycles. The maximum absolute atomic E-state index is 2.29. The normalized spacial score (nSPS) is 11.6. The third-order valence-corrected chi connectivity index (χ3v) is 9.26. The van der Waals surface area contributed by atoms with E-state index in [1.165, 1.54) is 87.6 Å². The molecule has 0 heteroatoms. The maximum Gasteiger partial charge on any atom is -0.00206 e. The summed E-state index contributed by atoms with van der Waals surface area (Å²) in [5, 5.41) is 10.5. The van der Waals surface area contributed by atoms with Crippen LogP contribution in [0.1, 0.15) is 0 Å². The topological polar surface area (TPSA) is 0 Å². The molecule has 9 aromatic rings. The smallest absolute Gasteiger partial charge is 0.00206 e. The lowest BCUT2D eigenvalue weighted by atomic mass is 9.89. The Bertz CT molecular complexity index is 2420. The van der Waals surface area contributed by atoms with Crippen LogP contribution in [0.15, 0.2) is 170 Å². The molecular formula is C44H28. The van der Waals surface area contributed by atoms with Crippen LogP contribution in [0.25, 0.3) is 87.6 Å². The van der Waals surface area contributed by atoms with Gasteiger partial charge in [0.1, 0.15) is 0 Å². The molecule has 0 aliphatic rings. The Kier molecular flexibility index (Phi) is 5.61. The highest BCUT2D eigenvalue weighted by Crippen LogP contribution is 2.40. The van der Waals surface area contributed by atoms with E-state index in [1.54, 1.807) is 0 Å². The molecule has 0 unspecified atom stereocenters. The van der Waals surface area contributed by atoms with Crippen LogP contribution >= 0.6 is 0 Å². The van der Waals surface area contributed by atoms with Gasteiger partial charge < -0.3 is 0 Å². The van der Waals surface area contributed by atoms with Gasteiger partial charge in [-0.1, -0.05) is 170 Å². The van der Waals surface area contributed by atoms with E-state index < -0.39 is 0 Å². The average Bonchev–Trinajstić information content (AvgIpc) is 3.10. The second-order valence-corrected chi connectivity index (χ2v) is 11.7. The maximum atomic E-state index is 2.29. The first-order chi connectivity index (χ1) is 21.8. The van der Waals surface area contributed by atoms with Crippen LogP contribution in [-0.4, -0.2) is 0 Å². The van der Waals surface area contributed by atoms with E-state index in [4.69, 9.17) is 0 Å². The number of hydrogen-bond acceptors (Lipinski definition) is 0. The van der Waals surface area contributed by atoms with Crippen molar-refractivity contribution in [3.05, 3.63) is 170 Å². The molecule has 0 spiro atoms. The third-order valence-electron chi connectivity index (χ3n) is 9.26. The number of fused-ring (bicyclic) bond motifs is 1. The fourth-order valence-electron chi connectivity index (χ4n) is 7.00. The Morgan fingerprint density at radius 1 is 0.205 bits per heavy atom. The zero-order valence-corrected chi connectivity index (χ0v) is 24.2. The van der Waals surface area contributed by atoms with E-state index in [0.29, 0.717) is 0 Å². The summed E-state index contributed by atoms with van der Waals surface area (Å²) in [5.74, 6) is 0. The van der Waals surface area contributed by atoms with Crippen molar-refractivity contribution in [3.63, 3.8) is 0 Å². The van der Waals surface area contributed by atoms with E-state index in [1.807, 2.05) is 0 Å². The molecule has 0 nitrogen and oxygen atoms in total. The number of hydrogen-bond donors (Lipinski definition) is 0. The van der Waals surface area contributed by atoms with Crippen LogP contribution < -0.4 is 0 Å². The van der Waals surface area contributed by atoms with Crippen LogP contribution in [0.5, 0.6) is 0 Å². The Labute approximate surface area is 256 Å². The molecule has 0 aliphatic heterocycles. The predicted molar refractivity (Wildman–Crippen MR) is 189 cm³/mol. The Hall–Kier alpha value is -5.72. The second kappa shape index (κ2) is 9.93. The van der Waals surface area contributed by atoms with E-state index in [9.17, 15) is 0 Å². The van der Waals surface area contributed by atoms with E-state index in [2.05, 4.69) is 170 Å². The summed E-state index contributed by atoms with van der Waals surface area (Å²) in [7, 11) is 0. The van der Waals surface area contributed by atoms with Gasteiger partial charge >= 0.3 is 0 Å². The van der Waals surface area contributed by atoms with Gasteiger partial charge in [-0.15, -0.1) is 0 Å². The molecule has 0 saturated carbocycles. The minimum absolute atomic E-state index is 1.23. The Morgan fingerprint density at radius 3 is 1.23 bits per heavy atom. The largest absolute Gasteiger partial charge is 0.0616 e. The molecule has 0 amide bonds. The van der Waals surface area contributed by atoms with Crippen LogP contribution in [0, 0.1) is 0 Å². The molecule has 9 aromatic carbocycles. The zero-order chi connectivity index (χ0) is 29.0. The van der Waals surface area contributed by atoms with Crippen LogP contribution in [0.2, 0.25) is 0 Å². The Balaban J connectivity index is 1.00. The van der Waals surface area contributed by atoms with Crippen LogP contribution in [-0.2, 0) is 0 Å². The van der Waals surface area contributed by atoms with Crippen molar-refractivity contribution < 1.29 is 0 Å². The Morgan fingerprint density at radius 2 is 0.614 bits per heavy atom. The van der Waals surface area contributed by atoms with Gasteiger partial charge in [-0.3, -0.25) is 0 Å². The highest BCUT2D eigenvalue weighted by Gasteiger charge is 2.12. The van der Waals surface area contributed by atoms with Crippen molar-refractivity contribution in [2.45, 2.75) is 0 Å². The zero-order valence-electron chi connectivity index (χ0n) is 24.2. The van der Waals surface area contributed by atoms with Crippen molar-refractivity contribution >= 4 is 43.1 Å². The molecule has 204 valence electrons. The summed E-state index contributed by atoms with van der Waals surface area (Å²) in [5.41, 5.74) is 9.95. The highest BCUT2D eigenvalue weighted by atomic mass is 14.2. The standard InChI is InChI=1S/C44H28/c1-2-9-39-33(5-1)6-4-10-40(39)34-19-15-31(16-20-34)29-11-13-30(14-12-29)32-17-21-35(22-18-32)41-27-25-38-24-23-36-7-3-8-37-26-28-42(41)44(38)43(36)37/h1-28H. The molecule has 0 aromatic heterocycles. The van der Waals surface area contributed by atoms with Crippen LogP contribution in [0.3, 0.4) is 0 Å². The summed E-state index contributed by atoms with van der Waals surface area (Å²) in [6.45, 7) is 0. The summed E-state index contributed by atoms with van der Waals surface area (Å²) in [6, 6.07) is 62.2. The van der Waals surface area contributed by atoms with Gasteiger partial charge in [-0.05, 0) is 87.6 Å². The third kappa shape index (κ3) is 4.00. The lowest BCUT2D eigenvalue weighted by Crippen LogP contribution is -1.87. The minimum Gasteiger partial charge on any atom is -0.0616 e. The molecule has 0 N–H and O–H groups in total. The van der Waals surface area contributed by atoms with Gasteiger partial charge in [-0.25, -0.2) is 0 Å². The van der Waals surface area contributed by atoms with Crippen molar-refractivity contribution in [1.82, 2.24) is 0 Å². The van der Waals surface area contributed by atoms with Gasteiger partial charge in [0.25, 0.3) is 0 Å². The molecule has 0 fully saturated rings. The molecule has 0 atom stereocenters. The van der Waals surface area contributed by atoms with Crippen molar-refractivity contribution in [2.75, 3.05) is 0 Å². The molecule has 0 bridgehead atoms. The molecule has 44 heavy (non-hydrogen) atoms. The lowest BCUT2D eigenvalue weighted by molar-refractivity contribution is 1.58. The SMILES string of the molecule is c1ccc2c(-c3ccc(-c4ccc(-c5ccc(-c6ccc7ccc8cccc9ccc6c7c89)cc5)cc4)cc3)cccc2c1. The number of benzene rings is 9. The van der Waals surface area contributed by atoms with Gasteiger partial charge in [-0.2, -0.15) is 0 Å². The predicted octanol–water partition coefficient (Wildman–Crippen LogP) is 12.4. The molecular weight excluding hydrogens is 528 g/mol. The van der Waals surface area contributed by atoms with E-state index >= 15 is 0 Å². The molecule has 0 radical (unpaired) electrons. The monoisotopic (exact) mass is 556 g/mol. The van der Waals surface area contributed by atoms with Crippen molar-refractivity contribution in [3.8, 4) is 44.5 Å². The average molecular weight is 557 g/mol. The van der Waals surface area contributed by atoms with Gasteiger partial charge in [0.05, 0.1) is 0 Å². The van der Waals surface area contributed by atoms with Crippen LogP contribution in [0.4, 0.5) is 0 Å². The minimum atomic E-state index is 1.23. The van der Waals surface area contributed by atoms with E-state index in [-0.39, 0.29) is 0 Å². The van der Waals surface area contributed by atoms with Gasteiger partial charge in [0.2, 0.25) is 0 Å².